The molecule has 154 valence electrons. The third kappa shape index (κ3) is 3.39. The standard InChI is InChI=1S/C22H32N2O3S/c1-16(2)21(25)23-11-8-18-6-7-20(12-19(18)14-23)28(26,27)24-15-22(13-17(24)3)9-4-5-10-22/h6-7,12,16-17H,4-5,8-11,13-15H2,1-3H3. The third-order valence-corrected chi connectivity index (χ3v) is 8.93. The molecular weight excluding hydrogens is 372 g/mol. The largest absolute Gasteiger partial charge is 0.338 e. The summed E-state index contributed by atoms with van der Waals surface area (Å²) in [6, 6.07) is 5.58. The average molecular weight is 405 g/mol. The topological polar surface area (TPSA) is 57.7 Å². The minimum absolute atomic E-state index is 0.0403. The fourth-order valence-corrected chi connectivity index (χ4v) is 7.27. The lowest BCUT2D eigenvalue weighted by Gasteiger charge is -2.31. The lowest BCUT2D eigenvalue weighted by atomic mass is 9.84. The Morgan fingerprint density at radius 2 is 1.89 bits per heavy atom. The summed E-state index contributed by atoms with van der Waals surface area (Å²) in [5, 5.41) is 0. The Morgan fingerprint density at radius 3 is 2.57 bits per heavy atom. The predicted molar refractivity (Wildman–Crippen MR) is 109 cm³/mol. The van der Waals surface area contributed by atoms with E-state index in [0.29, 0.717) is 24.5 Å². The van der Waals surface area contributed by atoms with Crippen LogP contribution in [-0.2, 0) is 27.8 Å². The molecule has 6 heteroatoms. The molecule has 1 aromatic rings. The van der Waals surface area contributed by atoms with Crippen molar-refractivity contribution in [3.05, 3.63) is 29.3 Å². The summed E-state index contributed by atoms with van der Waals surface area (Å²) in [5.74, 6) is 0.0942. The van der Waals surface area contributed by atoms with Gasteiger partial charge in [0.25, 0.3) is 0 Å². The smallest absolute Gasteiger partial charge is 0.243 e. The Hall–Kier alpha value is -1.40. The van der Waals surface area contributed by atoms with E-state index in [-0.39, 0.29) is 23.3 Å². The lowest BCUT2D eigenvalue weighted by molar-refractivity contribution is -0.135. The highest BCUT2D eigenvalue weighted by Crippen LogP contribution is 2.49. The normalized spacial score (nSPS) is 24.9. The van der Waals surface area contributed by atoms with Crippen LogP contribution in [0.25, 0.3) is 0 Å². The molecule has 1 saturated carbocycles. The summed E-state index contributed by atoms with van der Waals surface area (Å²) in [6.45, 7) is 7.74. The van der Waals surface area contributed by atoms with Crippen LogP contribution in [0.1, 0.15) is 64.0 Å². The van der Waals surface area contributed by atoms with Crippen molar-refractivity contribution in [2.24, 2.45) is 11.3 Å². The molecule has 3 aliphatic rings. The van der Waals surface area contributed by atoms with Gasteiger partial charge in [-0.25, -0.2) is 8.42 Å². The van der Waals surface area contributed by atoms with E-state index in [4.69, 9.17) is 0 Å². The first-order chi connectivity index (χ1) is 13.2. The molecule has 1 atom stereocenters. The van der Waals surface area contributed by atoms with Crippen LogP contribution in [-0.4, -0.2) is 42.7 Å². The molecule has 2 aliphatic heterocycles. The van der Waals surface area contributed by atoms with E-state index in [2.05, 4.69) is 0 Å². The second kappa shape index (κ2) is 7.13. The van der Waals surface area contributed by atoms with Gasteiger partial charge in [0.15, 0.2) is 0 Å². The zero-order valence-electron chi connectivity index (χ0n) is 17.3. The van der Waals surface area contributed by atoms with Crippen LogP contribution in [0, 0.1) is 11.3 Å². The molecule has 2 heterocycles. The summed E-state index contributed by atoms with van der Waals surface area (Å²) in [4.78, 5) is 14.6. The zero-order valence-corrected chi connectivity index (χ0v) is 18.1. The summed E-state index contributed by atoms with van der Waals surface area (Å²) in [6.07, 6.45) is 6.52. The molecule has 1 unspecified atom stereocenters. The van der Waals surface area contributed by atoms with Crippen LogP contribution in [0.3, 0.4) is 0 Å². The first kappa shape index (κ1) is 19.9. The number of fused-ring (bicyclic) bond motifs is 1. The van der Waals surface area contributed by atoms with Crippen molar-refractivity contribution in [3.63, 3.8) is 0 Å². The molecule has 1 saturated heterocycles. The molecule has 5 nitrogen and oxygen atoms in total. The second-order valence-electron chi connectivity index (χ2n) is 9.41. The Balaban J connectivity index is 1.60. The molecule has 0 bridgehead atoms. The summed E-state index contributed by atoms with van der Waals surface area (Å²) in [7, 11) is -3.51. The Bertz CT molecular complexity index is 872. The van der Waals surface area contributed by atoms with Crippen molar-refractivity contribution in [1.82, 2.24) is 9.21 Å². The fraction of sp³-hybridized carbons (Fsp3) is 0.682. The van der Waals surface area contributed by atoms with E-state index >= 15 is 0 Å². The molecule has 1 aromatic carbocycles. The number of hydrogen-bond acceptors (Lipinski definition) is 3. The van der Waals surface area contributed by atoms with Crippen LogP contribution in [0.2, 0.25) is 0 Å². The molecular formula is C22H32N2O3S. The Kier molecular flexibility index (Phi) is 5.07. The maximum absolute atomic E-state index is 13.4. The number of sulfonamides is 1. The highest BCUT2D eigenvalue weighted by Gasteiger charge is 2.48. The van der Waals surface area contributed by atoms with Gasteiger partial charge in [0.2, 0.25) is 15.9 Å². The van der Waals surface area contributed by atoms with Crippen LogP contribution < -0.4 is 0 Å². The van der Waals surface area contributed by atoms with Gasteiger partial charge < -0.3 is 4.90 Å². The first-order valence-corrected chi connectivity index (χ1v) is 12.1. The van der Waals surface area contributed by atoms with Gasteiger partial charge in [-0.3, -0.25) is 4.79 Å². The van der Waals surface area contributed by atoms with E-state index in [1.165, 1.54) is 12.8 Å². The zero-order chi connectivity index (χ0) is 20.1. The number of carbonyl (C=O) groups excluding carboxylic acids is 1. The molecule has 0 radical (unpaired) electrons. The van der Waals surface area contributed by atoms with Crippen molar-refractivity contribution in [2.45, 2.75) is 76.8 Å². The van der Waals surface area contributed by atoms with Crippen molar-refractivity contribution in [2.75, 3.05) is 13.1 Å². The van der Waals surface area contributed by atoms with Gasteiger partial charge in [0.1, 0.15) is 0 Å². The molecule has 28 heavy (non-hydrogen) atoms. The fourth-order valence-electron chi connectivity index (χ4n) is 5.47. The minimum atomic E-state index is -3.51. The number of nitrogens with zero attached hydrogens (tertiary/aromatic N) is 2. The van der Waals surface area contributed by atoms with Crippen LogP contribution >= 0.6 is 0 Å². The SMILES string of the molecule is CC(C)C(=O)N1CCc2ccc(S(=O)(=O)N3CC4(CCCC4)CC3C)cc2C1. The second-order valence-corrected chi connectivity index (χ2v) is 11.3. The molecule has 1 amide bonds. The maximum atomic E-state index is 13.4. The maximum Gasteiger partial charge on any atom is 0.243 e. The van der Waals surface area contributed by atoms with Crippen molar-refractivity contribution < 1.29 is 13.2 Å². The molecule has 4 rings (SSSR count). The molecule has 0 aromatic heterocycles. The summed E-state index contributed by atoms with van der Waals surface area (Å²) >= 11 is 0. The number of benzene rings is 1. The summed E-state index contributed by atoms with van der Waals surface area (Å²) in [5.41, 5.74) is 2.33. The van der Waals surface area contributed by atoms with Gasteiger partial charge in [0, 0.05) is 31.6 Å². The van der Waals surface area contributed by atoms with Gasteiger partial charge in [-0.05, 0) is 61.3 Å². The van der Waals surface area contributed by atoms with Gasteiger partial charge in [-0.15, -0.1) is 0 Å². The molecule has 0 N–H and O–H groups in total. The number of hydrogen-bond donors (Lipinski definition) is 0. The van der Waals surface area contributed by atoms with E-state index in [0.717, 1.165) is 36.8 Å². The lowest BCUT2D eigenvalue weighted by Crippen LogP contribution is -2.39. The van der Waals surface area contributed by atoms with Crippen LogP contribution in [0.15, 0.2) is 23.1 Å². The highest BCUT2D eigenvalue weighted by molar-refractivity contribution is 7.89. The minimum Gasteiger partial charge on any atom is -0.338 e. The number of rotatable bonds is 3. The molecule has 1 aliphatic carbocycles. The van der Waals surface area contributed by atoms with Gasteiger partial charge in [0.05, 0.1) is 4.90 Å². The van der Waals surface area contributed by atoms with Crippen LogP contribution in [0.5, 0.6) is 0 Å². The van der Waals surface area contributed by atoms with Crippen LogP contribution in [0.4, 0.5) is 0 Å². The summed E-state index contributed by atoms with van der Waals surface area (Å²) < 4.78 is 28.6. The van der Waals surface area contributed by atoms with Crippen molar-refractivity contribution in [1.29, 1.82) is 0 Å². The number of amides is 1. The van der Waals surface area contributed by atoms with E-state index in [9.17, 15) is 13.2 Å². The third-order valence-electron chi connectivity index (χ3n) is 6.98. The average Bonchev–Trinajstić information content (AvgIpc) is 3.26. The monoisotopic (exact) mass is 404 g/mol. The van der Waals surface area contributed by atoms with Crippen molar-refractivity contribution >= 4 is 15.9 Å². The van der Waals surface area contributed by atoms with Gasteiger partial charge >= 0.3 is 0 Å². The molecule has 2 fully saturated rings. The van der Waals surface area contributed by atoms with E-state index < -0.39 is 10.0 Å². The highest BCUT2D eigenvalue weighted by atomic mass is 32.2. The van der Waals surface area contributed by atoms with Gasteiger partial charge in [-0.2, -0.15) is 4.31 Å². The Morgan fingerprint density at radius 1 is 1.18 bits per heavy atom. The first-order valence-electron chi connectivity index (χ1n) is 10.6. The van der Waals surface area contributed by atoms with E-state index in [1.54, 1.807) is 10.4 Å². The Labute approximate surface area is 169 Å². The molecule has 1 spiro atoms. The van der Waals surface area contributed by atoms with Gasteiger partial charge in [-0.1, -0.05) is 32.8 Å². The van der Waals surface area contributed by atoms with E-state index in [1.807, 2.05) is 37.8 Å². The predicted octanol–water partition coefficient (Wildman–Crippen LogP) is 3.57. The van der Waals surface area contributed by atoms with Crippen molar-refractivity contribution in [3.8, 4) is 0 Å². The number of carbonyl (C=O) groups is 1. The quantitative estimate of drug-likeness (QED) is 0.774.